The number of aromatic amines is 1. The van der Waals surface area contributed by atoms with Gasteiger partial charge in [0.25, 0.3) is 0 Å². The van der Waals surface area contributed by atoms with Gasteiger partial charge in [-0.3, -0.25) is 4.79 Å². The molecule has 1 heterocycles. The Morgan fingerprint density at radius 3 is 3.14 bits per heavy atom. The highest BCUT2D eigenvalue weighted by atomic mass is 32.2. The number of aromatic nitrogens is 2. The molecule has 1 aliphatic carbocycles. The minimum Gasteiger partial charge on any atom is -0.342 e. The van der Waals surface area contributed by atoms with E-state index in [0.717, 1.165) is 18.0 Å². The molecule has 1 aliphatic rings. The summed E-state index contributed by atoms with van der Waals surface area (Å²) >= 11 is 1.45. The van der Waals surface area contributed by atoms with Gasteiger partial charge in [-0.25, -0.2) is 4.98 Å². The van der Waals surface area contributed by atoms with Crippen molar-refractivity contribution >= 4 is 17.7 Å². The predicted molar refractivity (Wildman–Crippen MR) is 55.1 cm³/mol. The van der Waals surface area contributed by atoms with Gasteiger partial charge in [-0.2, -0.15) is 0 Å². The summed E-state index contributed by atoms with van der Waals surface area (Å²) in [5, 5.41) is 0.808. The number of carbonyl (C=O) groups excluding carboxylic acids is 1. The van der Waals surface area contributed by atoms with Gasteiger partial charge in [0.05, 0.1) is 5.75 Å². The van der Waals surface area contributed by atoms with Gasteiger partial charge in [0.2, 0.25) is 5.91 Å². The van der Waals surface area contributed by atoms with E-state index < -0.39 is 0 Å². The van der Waals surface area contributed by atoms with E-state index in [1.54, 1.807) is 12.4 Å². The van der Waals surface area contributed by atoms with Gasteiger partial charge >= 0.3 is 0 Å². The first kappa shape index (κ1) is 9.58. The fourth-order valence-corrected chi connectivity index (χ4v) is 1.98. The molecular formula is C9H13N3OS. The molecule has 2 rings (SSSR count). The van der Waals surface area contributed by atoms with Gasteiger partial charge < -0.3 is 9.88 Å². The summed E-state index contributed by atoms with van der Waals surface area (Å²) in [7, 11) is 1.88. The van der Waals surface area contributed by atoms with Gasteiger partial charge in [0.15, 0.2) is 5.16 Å². The van der Waals surface area contributed by atoms with E-state index >= 15 is 0 Å². The summed E-state index contributed by atoms with van der Waals surface area (Å²) in [5.41, 5.74) is 0. The molecule has 0 unspecified atom stereocenters. The van der Waals surface area contributed by atoms with Crippen molar-refractivity contribution in [1.82, 2.24) is 14.9 Å². The Balaban J connectivity index is 1.77. The number of nitrogens with one attached hydrogen (secondary N) is 1. The summed E-state index contributed by atoms with van der Waals surface area (Å²) < 4.78 is 0. The number of H-pyrrole nitrogens is 1. The third-order valence-corrected chi connectivity index (χ3v) is 3.18. The van der Waals surface area contributed by atoms with Crippen LogP contribution in [0.1, 0.15) is 12.8 Å². The molecule has 14 heavy (non-hydrogen) atoms. The van der Waals surface area contributed by atoms with Crippen LogP contribution < -0.4 is 0 Å². The number of nitrogens with zero attached hydrogens (tertiary/aromatic N) is 2. The number of hydrogen-bond donors (Lipinski definition) is 1. The second kappa shape index (κ2) is 4.04. The number of amides is 1. The minimum atomic E-state index is 0.189. The van der Waals surface area contributed by atoms with Crippen LogP contribution in [0.25, 0.3) is 0 Å². The van der Waals surface area contributed by atoms with Crippen LogP contribution in [0.3, 0.4) is 0 Å². The van der Waals surface area contributed by atoms with Gasteiger partial charge in [-0.1, -0.05) is 11.8 Å². The molecular weight excluding hydrogens is 198 g/mol. The van der Waals surface area contributed by atoms with Crippen molar-refractivity contribution in [2.75, 3.05) is 12.8 Å². The predicted octanol–water partition coefficient (Wildman–Crippen LogP) is 1.12. The molecule has 0 saturated heterocycles. The smallest absolute Gasteiger partial charge is 0.233 e. The molecule has 0 aliphatic heterocycles. The van der Waals surface area contributed by atoms with Crippen LogP contribution in [0.15, 0.2) is 17.6 Å². The Hall–Kier alpha value is -0.970. The number of carbonyl (C=O) groups is 1. The first-order valence-corrected chi connectivity index (χ1v) is 5.64. The van der Waals surface area contributed by atoms with Crippen molar-refractivity contribution in [2.45, 2.75) is 24.0 Å². The van der Waals surface area contributed by atoms with Crippen molar-refractivity contribution in [3.8, 4) is 0 Å². The number of hydrogen-bond acceptors (Lipinski definition) is 3. The maximum atomic E-state index is 11.6. The zero-order chi connectivity index (χ0) is 9.97. The molecule has 1 fully saturated rings. The Kier molecular flexibility index (Phi) is 2.77. The van der Waals surface area contributed by atoms with Crippen LogP contribution in [0, 0.1) is 0 Å². The third kappa shape index (κ3) is 2.29. The number of imidazole rings is 1. The van der Waals surface area contributed by atoms with E-state index in [0.29, 0.717) is 11.8 Å². The molecule has 1 aromatic heterocycles. The zero-order valence-electron chi connectivity index (χ0n) is 8.06. The molecule has 0 atom stereocenters. The average Bonchev–Trinajstić information content (AvgIpc) is 2.91. The van der Waals surface area contributed by atoms with Crippen LogP contribution in [-0.4, -0.2) is 39.6 Å². The Morgan fingerprint density at radius 2 is 2.57 bits per heavy atom. The lowest BCUT2D eigenvalue weighted by Crippen LogP contribution is -2.30. The Labute approximate surface area is 87.1 Å². The topological polar surface area (TPSA) is 49.0 Å². The molecule has 0 spiro atoms. The summed E-state index contributed by atoms with van der Waals surface area (Å²) in [6, 6.07) is 0.500. The van der Waals surface area contributed by atoms with Crippen LogP contribution in [-0.2, 0) is 4.79 Å². The molecule has 0 aromatic carbocycles. The van der Waals surface area contributed by atoms with Gasteiger partial charge in [0.1, 0.15) is 0 Å². The van der Waals surface area contributed by atoms with Crippen molar-refractivity contribution < 1.29 is 4.79 Å². The lowest BCUT2D eigenvalue weighted by Gasteiger charge is -2.15. The fourth-order valence-electron chi connectivity index (χ4n) is 1.23. The van der Waals surface area contributed by atoms with E-state index in [2.05, 4.69) is 9.97 Å². The van der Waals surface area contributed by atoms with Gasteiger partial charge in [-0.15, -0.1) is 0 Å². The summed E-state index contributed by atoms with van der Waals surface area (Å²) in [6.07, 6.45) is 5.77. The standard InChI is InChI=1S/C9H13N3OS/c1-12(7-2-3-7)8(13)6-14-9-10-4-5-11-9/h4-5,7H,2-3,6H2,1H3,(H,10,11). The van der Waals surface area contributed by atoms with Crippen LogP contribution in [0.5, 0.6) is 0 Å². The minimum absolute atomic E-state index is 0.189. The SMILES string of the molecule is CN(C(=O)CSc1ncc[nH]1)C1CC1. The Bertz CT molecular complexity index is 308. The third-order valence-electron chi connectivity index (χ3n) is 2.29. The molecule has 1 saturated carbocycles. The normalized spacial score (nSPS) is 15.5. The highest BCUT2D eigenvalue weighted by Gasteiger charge is 2.29. The molecule has 0 radical (unpaired) electrons. The largest absolute Gasteiger partial charge is 0.342 e. The lowest BCUT2D eigenvalue weighted by molar-refractivity contribution is -0.127. The molecule has 76 valence electrons. The van der Waals surface area contributed by atoms with E-state index in [9.17, 15) is 4.79 Å². The second-order valence-electron chi connectivity index (χ2n) is 3.42. The maximum absolute atomic E-state index is 11.6. The van der Waals surface area contributed by atoms with Gasteiger partial charge in [0, 0.05) is 25.5 Å². The average molecular weight is 211 g/mol. The molecule has 1 aromatic rings. The van der Waals surface area contributed by atoms with E-state index in [4.69, 9.17) is 0 Å². The Morgan fingerprint density at radius 1 is 1.79 bits per heavy atom. The van der Waals surface area contributed by atoms with Crippen LogP contribution >= 0.6 is 11.8 Å². The molecule has 0 bridgehead atoms. The maximum Gasteiger partial charge on any atom is 0.233 e. The molecule has 1 N–H and O–H groups in total. The summed E-state index contributed by atoms with van der Waals surface area (Å²) in [6.45, 7) is 0. The van der Waals surface area contributed by atoms with Crippen molar-refractivity contribution in [3.63, 3.8) is 0 Å². The van der Waals surface area contributed by atoms with Crippen molar-refractivity contribution in [2.24, 2.45) is 0 Å². The summed E-state index contributed by atoms with van der Waals surface area (Å²) in [5.74, 6) is 0.662. The molecule has 1 amide bonds. The molecule has 4 nitrogen and oxygen atoms in total. The number of thioether (sulfide) groups is 1. The second-order valence-corrected chi connectivity index (χ2v) is 4.38. The first-order valence-electron chi connectivity index (χ1n) is 4.65. The fraction of sp³-hybridized carbons (Fsp3) is 0.556. The quantitative estimate of drug-likeness (QED) is 0.759. The van der Waals surface area contributed by atoms with Gasteiger partial charge in [-0.05, 0) is 12.8 Å². The highest BCUT2D eigenvalue weighted by Crippen LogP contribution is 2.26. The lowest BCUT2D eigenvalue weighted by atomic mass is 10.5. The van der Waals surface area contributed by atoms with E-state index in [1.807, 2.05) is 11.9 Å². The van der Waals surface area contributed by atoms with E-state index in [-0.39, 0.29) is 5.91 Å². The number of rotatable bonds is 4. The summed E-state index contributed by atoms with van der Waals surface area (Å²) in [4.78, 5) is 20.4. The van der Waals surface area contributed by atoms with Crippen LogP contribution in [0.4, 0.5) is 0 Å². The van der Waals surface area contributed by atoms with Crippen molar-refractivity contribution in [3.05, 3.63) is 12.4 Å². The molecule has 5 heteroatoms. The monoisotopic (exact) mass is 211 g/mol. The van der Waals surface area contributed by atoms with E-state index in [1.165, 1.54) is 11.8 Å². The highest BCUT2D eigenvalue weighted by molar-refractivity contribution is 7.99. The van der Waals surface area contributed by atoms with Crippen LogP contribution in [0.2, 0.25) is 0 Å². The first-order chi connectivity index (χ1) is 6.77. The zero-order valence-corrected chi connectivity index (χ0v) is 8.88. The van der Waals surface area contributed by atoms with Crippen molar-refractivity contribution in [1.29, 1.82) is 0 Å².